The third-order valence-electron chi connectivity index (χ3n) is 5.23. The Morgan fingerprint density at radius 2 is 2.09 bits per heavy atom. The first kappa shape index (κ1) is 26.4. The van der Waals surface area contributed by atoms with E-state index in [-0.39, 0.29) is 29.0 Å². The fourth-order valence-corrected chi connectivity index (χ4v) is 5.20. The summed E-state index contributed by atoms with van der Waals surface area (Å²) in [7, 11) is 1.26. The summed E-state index contributed by atoms with van der Waals surface area (Å²) in [6.45, 7) is 8.24. The summed E-state index contributed by atoms with van der Waals surface area (Å²) >= 11 is 2.17. The molecule has 13 nitrogen and oxygen atoms in total. The molecule has 3 N–H and O–H groups in total. The number of carbonyl (C=O) groups excluding carboxylic acids is 4. The predicted octanol–water partition coefficient (Wildman–Crippen LogP) is 0.133. The zero-order chi connectivity index (χ0) is 26.0. The number of nitrogen functional groups attached to an aromatic ring is 1. The average Bonchev–Trinajstić information content (AvgIpc) is 3.25. The van der Waals surface area contributed by atoms with Gasteiger partial charge in [-0.15, -0.1) is 18.3 Å². The molecule has 0 spiro atoms. The number of nitrogens with zero attached hydrogens (tertiary/aromatic N) is 4. The Balaban J connectivity index is 1.61. The van der Waals surface area contributed by atoms with Gasteiger partial charge in [0.15, 0.2) is 5.13 Å². The van der Waals surface area contributed by atoms with E-state index in [4.69, 9.17) is 20.0 Å². The number of hydrogen-bond acceptors (Lipinski definition) is 13. The number of ether oxygens (including phenoxy) is 2. The number of esters is 2. The van der Waals surface area contributed by atoms with Crippen LogP contribution in [0.2, 0.25) is 0 Å². The van der Waals surface area contributed by atoms with Crippen LogP contribution in [0.25, 0.3) is 0 Å². The Labute approximate surface area is 209 Å². The van der Waals surface area contributed by atoms with E-state index in [2.05, 4.69) is 26.4 Å². The summed E-state index contributed by atoms with van der Waals surface area (Å²) in [6, 6.07) is -0.850. The van der Waals surface area contributed by atoms with Crippen molar-refractivity contribution in [2.45, 2.75) is 32.2 Å². The Morgan fingerprint density at radius 1 is 1.37 bits per heavy atom. The van der Waals surface area contributed by atoms with Gasteiger partial charge in [-0.05, 0) is 20.8 Å². The topological polar surface area (TPSA) is 175 Å². The fraction of sp³-hybridized carbons (Fsp3) is 0.550. The van der Waals surface area contributed by atoms with Crippen molar-refractivity contribution >= 4 is 57.9 Å². The van der Waals surface area contributed by atoms with E-state index in [0.29, 0.717) is 0 Å². The van der Waals surface area contributed by atoms with Crippen LogP contribution >= 0.6 is 23.3 Å². The maximum atomic E-state index is 12.8. The number of carbonyl (C=O) groups is 4. The van der Waals surface area contributed by atoms with Crippen LogP contribution in [-0.4, -0.2) is 81.3 Å². The molecule has 2 unspecified atom stereocenters. The summed E-state index contributed by atoms with van der Waals surface area (Å²) in [6.07, 6.45) is 1.42. The van der Waals surface area contributed by atoms with Crippen molar-refractivity contribution in [3.8, 4) is 0 Å². The van der Waals surface area contributed by atoms with E-state index in [1.807, 2.05) is 0 Å². The number of hydrogen-bond donors (Lipinski definition) is 2. The Morgan fingerprint density at radius 3 is 2.66 bits per heavy atom. The monoisotopic (exact) mass is 526 g/mol. The van der Waals surface area contributed by atoms with Crippen LogP contribution in [0.5, 0.6) is 0 Å². The molecule has 190 valence electrons. The summed E-state index contributed by atoms with van der Waals surface area (Å²) in [5.74, 6) is -2.05. The van der Waals surface area contributed by atoms with E-state index >= 15 is 0 Å². The number of thioether (sulfide) groups is 1. The third kappa shape index (κ3) is 5.40. The molecule has 3 atom stereocenters. The highest BCUT2D eigenvalue weighted by atomic mass is 32.2. The van der Waals surface area contributed by atoms with Crippen LogP contribution in [0, 0.1) is 10.8 Å². The summed E-state index contributed by atoms with van der Waals surface area (Å²) in [4.78, 5) is 60.3. The molecule has 0 bridgehead atoms. The molecule has 0 radical (unpaired) electrons. The lowest BCUT2D eigenvalue weighted by Gasteiger charge is -2.53. The van der Waals surface area contributed by atoms with Gasteiger partial charge >= 0.3 is 11.9 Å². The number of anilines is 1. The second-order valence-electron chi connectivity index (χ2n) is 8.79. The minimum atomic E-state index is -1.19. The molecule has 0 aliphatic carbocycles. The first-order chi connectivity index (χ1) is 16.4. The van der Waals surface area contributed by atoms with Crippen molar-refractivity contribution in [2.75, 3.05) is 31.9 Å². The number of nitrogens with one attached hydrogen (secondary N) is 1. The molecule has 0 aromatic carbocycles. The molecule has 2 fully saturated rings. The molecule has 35 heavy (non-hydrogen) atoms. The van der Waals surface area contributed by atoms with Gasteiger partial charge in [-0.2, -0.15) is 9.36 Å². The van der Waals surface area contributed by atoms with Crippen molar-refractivity contribution in [3.05, 3.63) is 18.5 Å². The quantitative estimate of drug-likeness (QED) is 0.118. The molecule has 3 heterocycles. The van der Waals surface area contributed by atoms with E-state index in [1.165, 1.54) is 29.8 Å². The number of rotatable bonds is 8. The molecular weight excluding hydrogens is 500 g/mol. The number of aromatic nitrogens is 2. The lowest BCUT2D eigenvalue weighted by molar-refractivity contribution is -0.178. The van der Waals surface area contributed by atoms with Crippen molar-refractivity contribution in [2.24, 2.45) is 16.0 Å². The minimum absolute atomic E-state index is 0.00855. The van der Waals surface area contributed by atoms with Crippen molar-refractivity contribution in [1.82, 2.24) is 19.6 Å². The summed E-state index contributed by atoms with van der Waals surface area (Å²) in [5, 5.41) is 6.00. The Bertz CT molecular complexity index is 1070. The zero-order valence-electron chi connectivity index (χ0n) is 19.6. The lowest BCUT2D eigenvalue weighted by atomic mass is 9.87. The highest BCUT2D eigenvalue weighted by Crippen LogP contribution is 2.43. The predicted molar refractivity (Wildman–Crippen MR) is 127 cm³/mol. The van der Waals surface area contributed by atoms with Crippen LogP contribution in [0.4, 0.5) is 5.13 Å². The maximum absolute atomic E-state index is 12.8. The molecule has 2 aliphatic rings. The van der Waals surface area contributed by atoms with Gasteiger partial charge < -0.3 is 30.3 Å². The molecule has 2 aliphatic heterocycles. The molecule has 0 saturated carbocycles. The second kappa shape index (κ2) is 10.2. The fourth-order valence-electron chi connectivity index (χ4n) is 3.24. The number of amides is 2. The third-order valence-corrected chi connectivity index (χ3v) is 7.33. The van der Waals surface area contributed by atoms with Crippen LogP contribution in [0.15, 0.2) is 17.8 Å². The van der Waals surface area contributed by atoms with Crippen LogP contribution < -0.4 is 11.1 Å². The van der Waals surface area contributed by atoms with Crippen molar-refractivity contribution in [3.63, 3.8) is 0 Å². The maximum Gasteiger partial charge on any atom is 0.321 e. The molecule has 15 heteroatoms. The highest BCUT2D eigenvalue weighted by Gasteiger charge is 2.57. The van der Waals surface area contributed by atoms with E-state index < -0.39 is 52.8 Å². The molecule has 1 aromatic rings. The molecule has 2 amide bonds. The van der Waals surface area contributed by atoms with Gasteiger partial charge in [-0.3, -0.25) is 19.2 Å². The Kier molecular flexibility index (Phi) is 7.69. The molecular formula is C20H26N6O7S2. The van der Waals surface area contributed by atoms with Crippen molar-refractivity contribution in [1.29, 1.82) is 0 Å². The van der Waals surface area contributed by atoms with Gasteiger partial charge in [-0.1, -0.05) is 11.2 Å². The van der Waals surface area contributed by atoms with E-state index in [1.54, 1.807) is 20.8 Å². The first-order valence-corrected chi connectivity index (χ1v) is 12.2. The minimum Gasteiger partial charge on any atom is -0.427 e. The largest absolute Gasteiger partial charge is 0.427 e. The van der Waals surface area contributed by atoms with Gasteiger partial charge in [0.05, 0.1) is 5.41 Å². The normalized spacial score (nSPS) is 24.1. The van der Waals surface area contributed by atoms with Crippen LogP contribution in [0.3, 0.4) is 0 Å². The van der Waals surface area contributed by atoms with Gasteiger partial charge in [0, 0.05) is 23.8 Å². The zero-order valence-corrected chi connectivity index (χ0v) is 21.2. The van der Waals surface area contributed by atoms with E-state index in [9.17, 15) is 19.2 Å². The summed E-state index contributed by atoms with van der Waals surface area (Å²) < 4.78 is 14.1. The highest BCUT2D eigenvalue weighted by molar-refractivity contribution is 8.00. The molecule has 3 rings (SSSR count). The molecule has 1 aromatic heterocycles. The van der Waals surface area contributed by atoms with Gasteiger partial charge in [0.1, 0.15) is 23.9 Å². The Hall–Kier alpha value is -3.20. The van der Waals surface area contributed by atoms with Crippen LogP contribution in [-0.2, 0) is 33.5 Å². The SMILES string of the molecule is C=CC1(C(=O)OCOC(=O)C(C)(C)C)CS[C@@H]2C(NC(=O)C(=NOC)c3nsc(N)n3)C(=O)N2C1. The number of oxime groups is 1. The van der Waals surface area contributed by atoms with Crippen molar-refractivity contribution < 1.29 is 33.5 Å². The number of β-lactam (4-membered cyclic amide) rings is 1. The van der Waals surface area contributed by atoms with E-state index in [0.717, 1.165) is 11.5 Å². The summed E-state index contributed by atoms with van der Waals surface area (Å²) in [5.41, 5.74) is 3.42. The average molecular weight is 527 g/mol. The van der Waals surface area contributed by atoms with Gasteiger partial charge in [-0.25, -0.2) is 0 Å². The lowest BCUT2D eigenvalue weighted by Crippen LogP contribution is -2.73. The van der Waals surface area contributed by atoms with Crippen LogP contribution in [0.1, 0.15) is 26.6 Å². The van der Waals surface area contributed by atoms with Gasteiger partial charge in [0.25, 0.3) is 5.91 Å². The number of fused-ring (bicyclic) bond motifs is 1. The standard InChI is InChI=1S/C20H26N6O7S2/c1-6-20(17(30)33-9-32-16(29)19(2,3)4)7-26-14(28)11(15(26)34-8-20)22-13(27)10(24-31-5)12-23-18(21)35-25-12/h6,11,15H,1,7-9H2,2-5H3,(H,22,27)(H2,21,23,25)/t11?,15-,20?/m1/s1. The smallest absolute Gasteiger partial charge is 0.321 e. The molecule has 2 saturated heterocycles. The second-order valence-corrected chi connectivity index (χ2v) is 10.7. The van der Waals surface area contributed by atoms with Gasteiger partial charge in [0.2, 0.25) is 24.2 Å². The number of nitrogens with two attached hydrogens (primary N) is 1. The first-order valence-electron chi connectivity index (χ1n) is 10.3.